The summed E-state index contributed by atoms with van der Waals surface area (Å²) in [6.45, 7) is 2.18. The molecule has 0 rings (SSSR count). The highest BCUT2D eigenvalue weighted by Crippen LogP contribution is 2.13. The Hall–Kier alpha value is -1.14. The first-order valence-electron chi connectivity index (χ1n) is 6.68. The number of unbranched alkanes of at least 4 members (excludes halogenated alkanes) is 6. The van der Waals surface area contributed by atoms with Crippen molar-refractivity contribution in [3.05, 3.63) is 0 Å². The summed E-state index contributed by atoms with van der Waals surface area (Å²) >= 11 is 0. The van der Waals surface area contributed by atoms with Crippen LogP contribution in [0.3, 0.4) is 0 Å². The molecule has 0 aromatic rings. The third-order valence-corrected chi connectivity index (χ3v) is 3.01. The molecule has 0 fully saturated rings. The zero-order valence-corrected chi connectivity index (χ0v) is 11.2. The van der Waals surface area contributed by atoms with Crippen molar-refractivity contribution in [3.8, 4) is 0 Å². The molecule has 6 heteroatoms. The molecule has 106 valence electrons. The summed E-state index contributed by atoms with van der Waals surface area (Å²) in [7, 11) is 0. The van der Waals surface area contributed by atoms with Gasteiger partial charge in [0.05, 0.1) is 0 Å². The molecule has 0 saturated carbocycles. The molecule has 0 aromatic heterocycles. The van der Waals surface area contributed by atoms with Crippen LogP contribution in [-0.2, 0) is 9.59 Å². The van der Waals surface area contributed by atoms with Crippen LogP contribution in [0, 0.1) is 5.92 Å². The fraction of sp³-hybridized carbons (Fsp3) is 0.833. The Morgan fingerprint density at radius 1 is 0.889 bits per heavy atom. The van der Waals surface area contributed by atoms with Gasteiger partial charge in [-0.3, -0.25) is 20.4 Å². The number of rotatable bonds is 10. The maximum Gasteiger partial charge on any atom is 0.246 e. The Morgan fingerprint density at radius 2 is 1.33 bits per heavy atom. The summed E-state index contributed by atoms with van der Waals surface area (Å²) in [6, 6.07) is 0. The Bertz CT molecular complexity index is 230. The van der Waals surface area contributed by atoms with Gasteiger partial charge in [-0.1, -0.05) is 51.9 Å². The molecule has 6 nitrogen and oxygen atoms in total. The number of nitrogens with one attached hydrogen (secondary N) is 2. The summed E-state index contributed by atoms with van der Waals surface area (Å²) in [5.74, 6) is 8.31. The first-order valence-corrected chi connectivity index (χ1v) is 6.68. The van der Waals surface area contributed by atoms with Crippen LogP contribution >= 0.6 is 0 Å². The number of hydrazine groups is 2. The van der Waals surface area contributed by atoms with E-state index < -0.39 is 17.7 Å². The van der Waals surface area contributed by atoms with Crippen LogP contribution in [-0.4, -0.2) is 11.8 Å². The van der Waals surface area contributed by atoms with Crippen molar-refractivity contribution in [3.63, 3.8) is 0 Å². The molecule has 0 radical (unpaired) electrons. The highest BCUT2D eigenvalue weighted by Gasteiger charge is 2.24. The monoisotopic (exact) mass is 258 g/mol. The molecule has 0 spiro atoms. The molecule has 0 aromatic carbocycles. The van der Waals surface area contributed by atoms with Gasteiger partial charge in [0.15, 0.2) is 0 Å². The Balaban J connectivity index is 3.77. The summed E-state index contributed by atoms with van der Waals surface area (Å²) in [5, 5.41) is 0. The maximum absolute atomic E-state index is 11.4. The van der Waals surface area contributed by atoms with E-state index in [4.69, 9.17) is 11.7 Å². The van der Waals surface area contributed by atoms with Crippen molar-refractivity contribution in [2.75, 3.05) is 0 Å². The number of amides is 2. The molecule has 0 atom stereocenters. The molecule has 0 aliphatic rings. The van der Waals surface area contributed by atoms with E-state index in [-0.39, 0.29) is 0 Å². The van der Waals surface area contributed by atoms with Gasteiger partial charge in [-0.25, -0.2) is 11.7 Å². The highest BCUT2D eigenvalue weighted by atomic mass is 16.2. The molecular formula is C12H26N4O2. The Morgan fingerprint density at radius 3 is 1.78 bits per heavy atom. The molecule has 0 saturated heterocycles. The predicted molar refractivity (Wildman–Crippen MR) is 70.8 cm³/mol. The fourth-order valence-corrected chi connectivity index (χ4v) is 1.89. The molecule has 0 aliphatic carbocycles. The second-order valence-corrected chi connectivity index (χ2v) is 4.48. The first-order chi connectivity index (χ1) is 8.67. The van der Waals surface area contributed by atoms with E-state index in [1.54, 1.807) is 0 Å². The third-order valence-electron chi connectivity index (χ3n) is 3.01. The van der Waals surface area contributed by atoms with Gasteiger partial charge in [0.1, 0.15) is 5.92 Å². The smallest absolute Gasteiger partial charge is 0.246 e. The maximum atomic E-state index is 11.4. The second kappa shape index (κ2) is 11.0. The number of nitrogens with two attached hydrogens (primary N) is 2. The summed E-state index contributed by atoms with van der Waals surface area (Å²) < 4.78 is 0. The number of carbonyl (C=O) groups is 2. The lowest BCUT2D eigenvalue weighted by Gasteiger charge is -2.13. The van der Waals surface area contributed by atoms with Crippen molar-refractivity contribution >= 4 is 11.8 Å². The standard InChI is InChI=1S/C12H26N4O2/c1-2-3-4-5-6-7-8-9-10(11(17)15-13)12(18)16-14/h10H,2-9,13-14H2,1H3,(H,15,17)(H,16,18). The van der Waals surface area contributed by atoms with E-state index >= 15 is 0 Å². The Labute approximate surface area is 109 Å². The van der Waals surface area contributed by atoms with E-state index in [0.29, 0.717) is 6.42 Å². The zero-order valence-electron chi connectivity index (χ0n) is 11.2. The quantitative estimate of drug-likeness (QED) is 0.152. The van der Waals surface area contributed by atoms with Crippen LogP contribution in [0.5, 0.6) is 0 Å². The molecule has 0 bridgehead atoms. The first kappa shape index (κ1) is 16.9. The molecular weight excluding hydrogens is 232 g/mol. The van der Waals surface area contributed by atoms with Crippen LogP contribution < -0.4 is 22.5 Å². The van der Waals surface area contributed by atoms with Crippen molar-refractivity contribution in [1.82, 2.24) is 10.9 Å². The minimum absolute atomic E-state index is 0.482. The second-order valence-electron chi connectivity index (χ2n) is 4.48. The molecule has 0 aliphatic heterocycles. The molecule has 18 heavy (non-hydrogen) atoms. The number of carbonyl (C=O) groups excluding carboxylic acids is 2. The van der Waals surface area contributed by atoms with Gasteiger partial charge >= 0.3 is 0 Å². The van der Waals surface area contributed by atoms with E-state index in [1.165, 1.54) is 25.7 Å². The normalized spacial score (nSPS) is 10.4. The number of hydrogen-bond donors (Lipinski definition) is 4. The minimum Gasteiger partial charge on any atom is -0.294 e. The fourth-order valence-electron chi connectivity index (χ4n) is 1.89. The van der Waals surface area contributed by atoms with Gasteiger partial charge < -0.3 is 0 Å². The van der Waals surface area contributed by atoms with Crippen LogP contribution in [0.15, 0.2) is 0 Å². The molecule has 6 N–H and O–H groups in total. The van der Waals surface area contributed by atoms with Crippen LogP contribution in [0.1, 0.15) is 58.3 Å². The Kier molecular flexibility index (Phi) is 10.3. The van der Waals surface area contributed by atoms with Gasteiger partial charge in [0.25, 0.3) is 0 Å². The van der Waals surface area contributed by atoms with Crippen LogP contribution in [0.25, 0.3) is 0 Å². The summed E-state index contributed by atoms with van der Waals surface area (Å²) in [4.78, 5) is 22.7. The summed E-state index contributed by atoms with van der Waals surface area (Å²) in [6.07, 6.45) is 8.45. The van der Waals surface area contributed by atoms with Crippen molar-refractivity contribution in [2.24, 2.45) is 17.6 Å². The van der Waals surface area contributed by atoms with Gasteiger partial charge in [-0.15, -0.1) is 0 Å². The highest BCUT2D eigenvalue weighted by molar-refractivity contribution is 5.99. The van der Waals surface area contributed by atoms with Crippen molar-refractivity contribution in [1.29, 1.82) is 0 Å². The lowest BCUT2D eigenvalue weighted by Crippen LogP contribution is -2.45. The largest absolute Gasteiger partial charge is 0.294 e. The average molecular weight is 258 g/mol. The van der Waals surface area contributed by atoms with Crippen LogP contribution in [0.4, 0.5) is 0 Å². The SMILES string of the molecule is CCCCCCCCCC(C(=O)NN)C(=O)NN. The molecule has 0 heterocycles. The van der Waals surface area contributed by atoms with Crippen molar-refractivity contribution in [2.45, 2.75) is 58.3 Å². The van der Waals surface area contributed by atoms with E-state index in [0.717, 1.165) is 19.3 Å². The molecule has 2 amide bonds. The van der Waals surface area contributed by atoms with E-state index in [2.05, 4.69) is 6.92 Å². The average Bonchev–Trinajstić information content (AvgIpc) is 2.40. The van der Waals surface area contributed by atoms with Crippen molar-refractivity contribution < 1.29 is 9.59 Å². The van der Waals surface area contributed by atoms with Crippen LogP contribution in [0.2, 0.25) is 0 Å². The van der Waals surface area contributed by atoms with Gasteiger partial charge in [-0.2, -0.15) is 0 Å². The lowest BCUT2D eigenvalue weighted by atomic mass is 9.99. The lowest BCUT2D eigenvalue weighted by molar-refractivity contribution is -0.135. The number of hydrogen-bond acceptors (Lipinski definition) is 4. The van der Waals surface area contributed by atoms with E-state index in [1.807, 2.05) is 10.9 Å². The van der Waals surface area contributed by atoms with E-state index in [9.17, 15) is 9.59 Å². The van der Waals surface area contributed by atoms with Gasteiger partial charge in [0.2, 0.25) is 11.8 Å². The zero-order chi connectivity index (χ0) is 13.8. The third kappa shape index (κ3) is 7.24. The van der Waals surface area contributed by atoms with Gasteiger partial charge in [-0.05, 0) is 6.42 Å². The minimum atomic E-state index is -0.782. The topological polar surface area (TPSA) is 110 Å². The van der Waals surface area contributed by atoms with Gasteiger partial charge in [0, 0.05) is 0 Å². The predicted octanol–water partition coefficient (Wildman–Crippen LogP) is 0.723. The molecule has 0 unspecified atom stereocenters. The summed E-state index contributed by atoms with van der Waals surface area (Å²) in [5.41, 5.74) is 3.99.